The van der Waals surface area contributed by atoms with E-state index >= 15 is 0 Å². The van der Waals surface area contributed by atoms with Gasteiger partial charge in [0, 0.05) is 19.0 Å². The molecule has 3 heterocycles. The predicted molar refractivity (Wildman–Crippen MR) is 71.1 cm³/mol. The summed E-state index contributed by atoms with van der Waals surface area (Å²) in [4.78, 5) is 25.5. The fourth-order valence-corrected chi connectivity index (χ4v) is 3.65. The summed E-state index contributed by atoms with van der Waals surface area (Å²) in [5.74, 6) is -0.636. The molecule has 0 aromatic carbocycles. The molecule has 110 valence electrons. The van der Waals surface area contributed by atoms with Crippen molar-refractivity contribution in [1.82, 2.24) is 4.90 Å². The third-order valence-electron chi connectivity index (χ3n) is 4.90. The van der Waals surface area contributed by atoms with Gasteiger partial charge in [0.25, 0.3) is 0 Å². The number of hydrogen-bond acceptors (Lipinski definition) is 4. The minimum Gasteiger partial charge on any atom is -0.481 e. The Morgan fingerprint density at radius 3 is 2.70 bits per heavy atom. The van der Waals surface area contributed by atoms with E-state index in [9.17, 15) is 14.7 Å². The Bertz CT molecular complexity index is 457. The molecule has 3 atom stereocenters. The number of rotatable bonds is 5. The first-order valence-electron chi connectivity index (χ1n) is 7.45. The molecule has 3 fully saturated rings. The molecule has 2 saturated heterocycles. The minimum atomic E-state index is -0.750. The largest absolute Gasteiger partial charge is 0.481 e. The standard InChI is InChI=1S/C14H21N3O3/c1-14(15-16-14)6-2-3-12(18)17-8-9-4-5-11(17)10(7-9)13(19)20/h9-11H,2-8H2,1H3,(H,19,20)/t9-,10-,11+/m1/s1. The molecule has 2 bridgehead atoms. The molecule has 4 aliphatic rings. The van der Waals surface area contributed by atoms with Crippen molar-refractivity contribution in [2.75, 3.05) is 6.54 Å². The summed E-state index contributed by atoms with van der Waals surface area (Å²) in [6.07, 6.45) is 4.70. The maximum Gasteiger partial charge on any atom is 0.308 e. The average Bonchev–Trinajstić information content (AvgIpc) is 3.17. The summed E-state index contributed by atoms with van der Waals surface area (Å²) in [6.45, 7) is 2.71. The smallest absolute Gasteiger partial charge is 0.308 e. The zero-order valence-corrected chi connectivity index (χ0v) is 11.8. The van der Waals surface area contributed by atoms with Gasteiger partial charge in [-0.2, -0.15) is 10.2 Å². The number of carboxylic acids is 1. The van der Waals surface area contributed by atoms with Crippen LogP contribution in [0.5, 0.6) is 0 Å². The molecule has 20 heavy (non-hydrogen) atoms. The molecule has 1 saturated carbocycles. The van der Waals surface area contributed by atoms with Crippen LogP contribution in [0.3, 0.4) is 0 Å². The highest BCUT2D eigenvalue weighted by Gasteiger charge is 2.45. The second kappa shape index (κ2) is 4.82. The molecule has 0 spiro atoms. The Morgan fingerprint density at radius 1 is 1.35 bits per heavy atom. The van der Waals surface area contributed by atoms with E-state index < -0.39 is 5.97 Å². The fraction of sp³-hybridized carbons (Fsp3) is 0.857. The number of fused-ring (bicyclic) bond motifs is 3. The van der Waals surface area contributed by atoms with Gasteiger partial charge in [-0.05, 0) is 44.9 Å². The van der Waals surface area contributed by atoms with E-state index in [1.54, 1.807) is 0 Å². The van der Waals surface area contributed by atoms with Crippen LogP contribution in [0.1, 0.15) is 45.4 Å². The van der Waals surface area contributed by atoms with E-state index in [-0.39, 0.29) is 23.5 Å². The van der Waals surface area contributed by atoms with Crippen molar-refractivity contribution in [3.05, 3.63) is 0 Å². The predicted octanol–water partition coefficient (Wildman–Crippen LogP) is 2.05. The lowest BCUT2D eigenvalue weighted by Crippen LogP contribution is -2.57. The van der Waals surface area contributed by atoms with Gasteiger partial charge in [0.1, 0.15) is 0 Å². The number of aliphatic carboxylic acids is 1. The van der Waals surface area contributed by atoms with Gasteiger partial charge >= 0.3 is 5.97 Å². The number of hydrogen-bond donors (Lipinski definition) is 1. The van der Waals surface area contributed by atoms with Crippen LogP contribution in [0, 0.1) is 11.8 Å². The van der Waals surface area contributed by atoms with Gasteiger partial charge < -0.3 is 10.0 Å². The van der Waals surface area contributed by atoms with Crippen molar-refractivity contribution in [3.8, 4) is 0 Å². The Labute approximate surface area is 118 Å². The molecule has 1 N–H and O–H groups in total. The Kier molecular flexibility index (Phi) is 3.26. The van der Waals surface area contributed by atoms with Crippen LogP contribution in [-0.2, 0) is 9.59 Å². The molecule has 6 nitrogen and oxygen atoms in total. The van der Waals surface area contributed by atoms with Crippen molar-refractivity contribution in [1.29, 1.82) is 0 Å². The summed E-state index contributed by atoms with van der Waals surface area (Å²) < 4.78 is 0. The van der Waals surface area contributed by atoms with Gasteiger partial charge in [0.05, 0.1) is 5.92 Å². The first kappa shape index (κ1) is 13.5. The quantitative estimate of drug-likeness (QED) is 0.836. The monoisotopic (exact) mass is 279 g/mol. The van der Waals surface area contributed by atoms with E-state index in [1.165, 1.54) is 0 Å². The van der Waals surface area contributed by atoms with Crippen LogP contribution < -0.4 is 0 Å². The first-order chi connectivity index (χ1) is 9.48. The maximum atomic E-state index is 12.3. The second-order valence-corrected chi connectivity index (χ2v) is 6.51. The number of nitrogens with zero attached hydrogens (tertiary/aromatic N) is 3. The molecule has 3 aliphatic heterocycles. The lowest BCUT2D eigenvalue weighted by Gasteiger charge is -2.48. The molecule has 1 amide bonds. The Morgan fingerprint density at radius 2 is 2.10 bits per heavy atom. The zero-order valence-electron chi connectivity index (χ0n) is 11.8. The summed E-state index contributed by atoms with van der Waals surface area (Å²) >= 11 is 0. The molecule has 4 rings (SSSR count). The van der Waals surface area contributed by atoms with Crippen molar-refractivity contribution < 1.29 is 14.7 Å². The van der Waals surface area contributed by atoms with Gasteiger partial charge in [-0.25, -0.2) is 0 Å². The summed E-state index contributed by atoms with van der Waals surface area (Å²) in [7, 11) is 0. The first-order valence-corrected chi connectivity index (χ1v) is 7.45. The number of carbonyl (C=O) groups is 2. The third-order valence-corrected chi connectivity index (χ3v) is 4.90. The number of carbonyl (C=O) groups excluding carboxylic acids is 1. The van der Waals surface area contributed by atoms with Gasteiger partial charge in [-0.15, -0.1) is 0 Å². The molecule has 0 aromatic heterocycles. The third kappa shape index (κ3) is 2.55. The lowest BCUT2D eigenvalue weighted by molar-refractivity contribution is -0.155. The fourth-order valence-electron chi connectivity index (χ4n) is 3.65. The molecule has 1 aliphatic carbocycles. The van der Waals surface area contributed by atoms with Crippen LogP contribution in [-0.4, -0.2) is 40.1 Å². The Hall–Kier alpha value is -1.46. The van der Waals surface area contributed by atoms with Crippen molar-refractivity contribution in [2.24, 2.45) is 22.1 Å². The SMILES string of the molecule is CC1(CCCC(=O)N2C[C@@H]3CC[C@H]2[C@H](C(=O)O)C3)N=N1. The molecule has 0 aromatic rings. The van der Waals surface area contributed by atoms with Crippen LogP contribution in [0.25, 0.3) is 0 Å². The van der Waals surface area contributed by atoms with Gasteiger partial charge in [0.15, 0.2) is 5.66 Å². The molecule has 6 heteroatoms. The Balaban J connectivity index is 1.55. The van der Waals surface area contributed by atoms with Crippen LogP contribution in [0.2, 0.25) is 0 Å². The molecular weight excluding hydrogens is 258 g/mol. The second-order valence-electron chi connectivity index (χ2n) is 6.51. The van der Waals surface area contributed by atoms with Gasteiger partial charge in [0.2, 0.25) is 5.91 Å². The van der Waals surface area contributed by atoms with Gasteiger partial charge in [-0.1, -0.05) is 0 Å². The van der Waals surface area contributed by atoms with E-state index in [4.69, 9.17) is 0 Å². The van der Waals surface area contributed by atoms with E-state index in [2.05, 4.69) is 10.2 Å². The van der Waals surface area contributed by atoms with Crippen molar-refractivity contribution in [2.45, 2.75) is 57.2 Å². The normalized spacial score (nSPS) is 33.2. The number of piperidine rings is 2. The van der Waals surface area contributed by atoms with Crippen LogP contribution in [0.4, 0.5) is 0 Å². The maximum absolute atomic E-state index is 12.3. The molecule has 0 radical (unpaired) electrons. The lowest BCUT2D eigenvalue weighted by atomic mass is 9.72. The zero-order chi connectivity index (χ0) is 14.3. The highest BCUT2D eigenvalue weighted by atomic mass is 16.4. The van der Waals surface area contributed by atoms with E-state index in [0.29, 0.717) is 12.3 Å². The summed E-state index contributed by atoms with van der Waals surface area (Å²) in [6, 6.07) is -0.0871. The van der Waals surface area contributed by atoms with Crippen LogP contribution >= 0.6 is 0 Å². The topological polar surface area (TPSA) is 82.3 Å². The molecular formula is C14H21N3O3. The van der Waals surface area contributed by atoms with Crippen LogP contribution in [0.15, 0.2) is 10.2 Å². The molecule has 0 unspecified atom stereocenters. The number of amides is 1. The van der Waals surface area contributed by atoms with Crippen molar-refractivity contribution >= 4 is 11.9 Å². The number of carboxylic acid groups (broad SMARTS) is 1. The van der Waals surface area contributed by atoms with E-state index in [1.807, 2.05) is 11.8 Å². The summed E-state index contributed by atoms with van der Waals surface area (Å²) in [5.41, 5.74) is -0.245. The van der Waals surface area contributed by atoms with Crippen molar-refractivity contribution in [3.63, 3.8) is 0 Å². The minimum absolute atomic E-state index is 0.0871. The summed E-state index contributed by atoms with van der Waals surface area (Å²) in [5, 5.41) is 17.2. The van der Waals surface area contributed by atoms with Gasteiger partial charge in [-0.3, -0.25) is 9.59 Å². The highest BCUT2D eigenvalue weighted by Crippen LogP contribution is 2.40. The average molecular weight is 279 g/mol. The van der Waals surface area contributed by atoms with E-state index in [0.717, 1.165) is 38.6 Å². The highest BCUT2D eigenvalue weighted by molar-refractivity contribution is 5.79.